The minimum atomic E-state index is 0.948. The average Bonchev–Trinajstić information content (AvgIpc) is 3.64. The van der Waals surface area contributed by atoms with E-state index in [1.807, 2.05) is 0 Å². The largest absolute Gasteiger partial charge is 0.305 e. The summed E-state index contributed by atoms with van der Waals surface area (Å²) in [5, 5.41) is 12.4. The lowest BCUT2D eigenvalue weighted by Gasteiger charge is -2.35. The van der Waals surface area contributed by atoms with Crippen LogP contribution in [-0.2, 0) is 0 Å². The molecule has 0 saturated heterocycles. The summed E-state index contributed by atoms with van der Waals surface area (Å²) >= 11 is 0. The molecule has 0 atom stereocenters. The molecule has 0 bridgehead atoms. The van der Waals surface area contributed by atoms with Gasteiger partial charge < -0.3 is 4.90 Å². The fourth-order valence-corrected chi connectivity index (χ4v) is 9.07. The molecule has 0 spiro atoms. The van der Waals surface area contributed by atoms with Gasteiger partial charge in [-0.3, -0.25) is 4.57 Å². The predicted octanol–water partition coefficient (Wildman–Crippen LogP) is 13.9. The van der Waals surface area contributed by atoms with Gasteiger partial charge in [-0.2, -0.15) is 0 Å². The number of imidazole rings is 1. The molecule has 0 aliphatic carbocycles. The molecular formula is C51H31N3. The second-order valence-electron chi connectivity index (χ2n) is 14.3. The van der Waals surface area contributed by atoms with Crippen molar-refractivity contribution in [3.8, 4) is 28.2 Å². The van der Waals surface area contributed by atoms with E-state index in [4.69, 9.17) is 4.98 Å². The van der Waals surface area contributed by atoms with Crippen molar-refractivity contribution in [2.24, 2.45) is 0 Å². The molecule has 0 amide bonds. The molecule has 1 aromatic heterocycles. The zero-order chi connectivity index (χ0) is 35.3. The number of rotatable bonds is 3. The van der Waals surface area contributed by atoms with E-state index in [9.17, 15) is 0 Å². The Balaban J connectivity index is 1.16. The fraction of sp³-hybridized carbons (Fsp3) is 0. The van der Waals surface area contributed by atoms with Crippen molar-refractivity contribution in [2.45, 2.75) is 0 Å². The van der Waals surface area contributed by atoms with E-state index in [0.29, 0.717) is 0 Å². The summed E-state index contributed by atoms with van der Waals surface area (Å²) in [5.74, 6) is 0.948. The third-order valence-corrected chi connectivity index (χ3v) is 11.4. The van der Waals surface area contributed by atoms with E-state index in [0.717, 1.165) is 39.5 Å². The number of fused-ring (bicyclic) bond motifs is 8. The van der Waals surface area contributed by atoms with Gasteiger partial charge in [0.15, 0.2) is 0 Å². The van der Waals surface area contributed by atoms with Gasteiger partial charge in [0, 0.05) is 16.3 Å². The van der Waals surface area contributed by atoms with Crippen LogP contribution >= 0.6 is 0 Å². The number of aromatic nitrogens is 2. The van der Waals surface area contributed by atoms with E-state index in [2.05, 4.69) is 198 Å². The molecule has 0 fully saturated rings. The maximum atomic E-state index is 5.35. The van der Waals surface area contributed by atoms with E-state index in [1.54, 1.807) is 0 Å². The average molecular weight is 686 g/mol. The van der Waals surface area contributed by atoms with Crippen LogP contribution < -0.4 is 4.90 Å². The van der Waals surface area contributed by atoms with Crippen LogP contribution in [0.5, 0.6) is 0 Å². The predicted molar refractivity (Wildman–Crippen MR) is 228 cm³/mol. The third kappa shape index (κ3) is 4.09. The Hall–Kier alpha value is -7.23. The van der Waals surface area contributed by atoms with Crippen molar-refractivity contribution in [2.75, 3.05) is 4.90 Å². The fourth-order valence-electron chi connectivity index (χ4n) is 9.07. The van der Waals surface area contributed by atoms with Crippen molar-refractivity contribution in [1.29, 1.82) is 0 Å². The molecule has 1 aliphatic rings. The SMILES string of the molecule is c1ccc2c(c1)N(c1c3ccccc3c(-c3ccc4ccc5ccccc5c4c3)c3ccccc13)c1cccc3nc(-c4ccc5ccccc5c4)n-2c13. The van der Waals surface area contributed by atoms with Crippen LogP contribution in [0.25, 0.3) is 93.1 Å². The summed E-state index contributed by atoms with van der Waals surface area (Å²) in [7, 11) is 0. The first-order valence-electron chi connectivity index (χ1n) is 18.6. The highest BCUT2D eigenvalue weighted by atomic mass is 15.2. The minimum absolute atomic E-state index is 0.948. The van der Waals surface area contributed by atoms with Crippen LogP contribution in [0.3, 0.4) is 0 Å². The van der Waals surface area contributed by atoms with Crippen LogP contribution in [0.1, 0.15) is 0 Å². The monoisotopic (exact) mass is 685 g/mol. The molecular weight excluding hydrogens is 655 g/mol. The van der Waals surface area contributed by atoms with Gasteiger partial charge in [-0.05, 0) is 90.6 Å². The summed E-state index contributed by atoms with van der Waals surface area (Å²) in [5.41, 5.74) is 10.2. The molecule has 0 unspecified atom stereocenters. The maximum Gasteiger partial charge on any atom is 0.145 e. The maximum absolute atomic E-state index is 5.35. The van der Waals surface area contributed by atoms with E-state index in [1.165, 1.54) is 70.7 Å². The van der Waals surface area contributed by atoms with Gasteiger partial charge in [0.1, 0.15) is 5.82 Å². The van der Waals surface area contributed by atoms with Crippen molar-refractivity contribution in [3.05, 3.63) is 188 Å². The third-order valence-electron chi connectivity index (χ3n) is 11.4. The zero-order valence-electron chi connectivity index (χ0n) is 29.2. The lowest BCUT2D eigenvalue weighted by atomic mass is 9.88. The topological polar surface area (TPSA) is 21.1 Å². The number of hydrogen-bond acceptors (Lipinski definition) is 2. The van der Waals surface area contributed by atoms with E-state index < -0.39 is 0 Å². The van der Waals surface area contributed by atoms with Crippen molar-refractivity contribution in [1.82, 2.24) is 9.55 Å². The van der Waals surface area contributed by atoms with Crippen LogP contribution in [0.4, 0.5) is 17.1 Å². The molecule has 0 saturated carbocycles. The first-order valence-corrected chi connectivity index (χ1v) is 18.6. The Labute approximate surface area is 311 Å². The smallest absolute Gasteiger partial charge is 0.145 e. The molecule has 1 aliphatic heterocycles. The van der Waals surface area contributed by atoms with Gasteiger partial charge in [-0.15, -0.1) is 0 Å². The summed E-state index contributed by atoms with van der Waals surface area (Å²) in [4.78, 5) is 7.84. The Bertz CT molecular complexity index is 3300. The Kier molecular flexibility index (Phi) is 6.05. The molecule has 54 heavy (non-hydrogen) atoms. The Morgan fingerprint density at radius 1 is 0.352 bits per heavy atom. The zero-order valence-corrected chi connectivity index (χ0v) is 29.2. The molecule has 0 N–H and O–H groups in total. The molecule has 12 rings (SSSR count). The summed E-state index contributed by atoms with van der Waals surface area (Å²) in [6.45, 7) is 0. The molecule has 11 aromatic rings. The van der Waals surface area contributed by atoms with Crippen LogP contribution in [0.15, 0.2) is 188 Å². The van der Waals surface area contributed by atoms with Crippen molar-refractivity contribution >= 4 is 82.0 Å². The molecule has 0 radical (unpaired) electrons. The minimum Gasteiger partial charge on any atom is -0.305 e. The summed E-state index contributed by atoms with van der Waals surface area (Å²) in [6, 6.07) is 68.6. The summed E-state index contributed by atoms with van der Waals surface area (Å²) < 4.78 is 2.37. The standard InChI is InChI=1S/C51H31N3/c1-2-14-35-30-37(29-24-32(35)12-1)51-52-44-20-11-23-47-50(44)54(51)46-22-10-9-21-45(46)53(47)49-41-18-7-5-16-39(41)48(40-17-6-8-19-42(40)49)36-28-27-34-26-25-33-13-3-4-15-38(33)43(34)31-36/h1-31H. The van der Waals surface area contributed by atoms with Gasteiger partial charge in [0.2, 0.25) is 0 Å². The van der Waals surface area contributed by atoms with Crippen LogP contribution in [0, 0.1) is 0 Å². The lowest BCUT2D eigenvalue weighted by Crippen LogP contribution is -2.19. The van der Waals surface area contributed by atoms with Gasteiger partial charge in [0.05, 0.1) is 33.8 Å². The summed E-state index contributed by atoms with van der Waals surface area (Å²) in [6.07, 6.45) is 0. The number of anilines is 3. The van der Waals surface area contributed by atoms with Gasteiger partial charge in [-0.25, -0.2) is 4.98 Å². The molecule has 3 heteroatoms. The lowest BCUT2D eigenvalue weighted by molar-refractivity contribution is 1.07. The highest BCUT2D eigenvalue weighted by Crippen LogP contribution is 2.53. The quantitative estimate of drug-likeness (QED) is 0.136. The molecule has 2 heterocycles. The number of nitrogens with zero attached hydrogens (tertiary/aromatic N) is 3. The highest BCUT2D eigenvalue weighted by Gasteiger charge is 2.31. The van der Waals surface area contributed by atoms with Gasteiger partial charge >= 0.3 is 0 Å². The van der Waals surface area contributed by atoms with Crippen LogP contribution in [0.2, 0.25) is 0 Å². The highest BCUT2D eigenvalue weighted by molar-refractivity contribution is 6.24. The van der Waals surface area contributed by atoms with E-state index in [-0.39, 0.29) is 0 Å². The Morgan fingerprint density at radius 2 is 0.907 bits per heavy atom. The molecule has 250 valence electrons. The molecule has 10 aromatic carbocycles. The van der Waals surface area contributed by atoms with Crippen LogP contribution in [-0.4, -0.2) is 9.55 Å². The van der Waals surface area contributed by atoms with Gasteiger partial charge in [0.25, 0.3) is 0 Å². The van der Waals surface area contributed by atoms with E-state index >= 15 is 0 Å². The number of benzene rings is 10. The first kappa shape index (κ1) is 29.4. The van der Waals surface area contributed by atoms with Crippen molar-refractivity contribution < 1.29 is 0 Å². The molecule has 3 nitrogen and oxygen atoms in total. The normalized spacial score (nSPS) is 12.4. The number of hydrogen-bond donors (Lipinski definition) is 0. The van der Waals surface area contributed by atoms with Gasteiger partial charge in [-0.1, -0.05) is 152 Å². The number of para-hydroxylation sites is 3. The van der Waals surface area contributed by atoms with Crippen molar-refractivity contribution in [3.63, 3.8) is 0 Å². The second kappa shape index (κ2) is 11.1. The Morgan fingerprint density at radius 3 is 1.69 bits per heavy atom. The first-order chi connectivity index (χ1) is 26.8. The second-order valence-corrected chi connectivity index (χ2v) is 14.3.